The molecular weight excluding hydrogens is 380 g/mol. The summed E-state index contributed by atoms with van der Waals surface area (Å²) in [5.74, 6) is 0.875. The first-order chi connectivity index (χ1) is 14.3. The van der Waals surface area contributed by atoms with Gasteiger partial charge in [0.05, 0.1) is 11.1 Å². The fourth-order valence-electron chi connectivity index (χ4n) is 3.39. The third kappa shape index (κ3) is 5.22. The molecule has 2 aromatic heterocycles. The minimum atomic E-state index is -0.00788. The van der Waals surface area contributed by atoms with Crippen molar-refractivity contribution in [2.75, 3.05) is 11.9 Å². The summed E-state index contributed by atoms with van der Waals surface area (Å²) in [6.45, 7) is 1.81. The summed E-state index contributed by atoms with van der Waals surface area (Å²) < 4.78 is 5.51. The quantitative estimate of drug-likeness (QED) is 0.462. The van der Waals surface area contributed by atoms with Crippen molar-refractivity contribution in [2.45, 2.75) is 13.1 Å². The molecule has 0 aliphatic heterocycles. The second-order valence-electron chi connectivity index (χ2n) is 6.90. The van der Waals surface area contributed by atoms with Crippen LogP contribution >= 0.6 is 11.3 Å². The Labute approximate surface area is 174 Å². The number of quaternary nitrogens is 1. The molecular formula is C24H23N2O2S+. The SMILES string of the molecule is O=C(C[NH+](Cc1ccco1)Cc1cccs1)Nc1ccccc1-c1ccccc1. The predicted molar refractivity (Wildman–Crippen MR) is 117 cm³/mol. The number of carbonyl (C=O) groups excluding carboxylic acids is 1. The summed E-state index contributed by atoms with van der Waals surface area (Å²) in [4.78, 5) is 15.3. The molecule has 5 heteroatoms. The maximum Gasteiger partial charge on any atom is 0.279 e. The van der Waals surface area contributed by atoms with E-state index < -0.39 is 0 Å². The lowest BCUT2D eigenvalue weighted by atomic mass is 10.0. The number of hydrogen-bond donors (Lipinski definition) is 2. The Kier molecular flexibility index (Phi) is 6.19. The van der Waals surface area contributed by atoms with Crippen LogP contribution in [0.3, 0.4) is 0 Å². The van der Waals surface area contributed by atoms with Gasteiger partial charge in [0.2, 0.25) is 0 Å². The molecule has 0 saturated carbocycles. The second-order valence-corrected chi connectivity index (χ2v) is 7.93. The molecule has 0 saturated heterocycles. The lowest BCUT2D eigenvalue weighted by Crippen LogP contribution is -3.10. The number of anilines is 1. The third-order valence-corrected chi connectivity index (χ3v) is 5.58. The van der Waals surface area contributed by atoms with Gasteiger partial charge in [0.1, 0.15) is 13.1 Å². The molecule has 4 rings (SSSR count). The maximum absolute atomic E-state index is 12.9. The molecule has 1 atom stereocenters. The fraction of sp³-hybridized carbons (Fsp3) is 0.125. The number of nitrogens with one attached hydrogen (secondary N) is 2. The monoisotopic (exact) mass is 403 g/mol. The molecule has 4 aromatic rings. The van der Waals surface area contributed by atoms with Crippen LogP contribution in [0.25, 0.3) is 11.1 Å². The number of thiophene rings is 1. The normalized spacial score (nSPS) is 11.9. The standard InChI is InChI=1S/C24H22N2O2S/c27-24(25-23-13-5-4-12-22(23)19-8-2-1-3-9-19)18-26(16-20-10-6-14-28-20)17-21-11-7-15-29-21/h1-15H,16-18H2,(H,25,27)/p+1. The zero-order valence-corrected chi connectivity index (χ0v) is 16.8. The predicted octanol–water partition coefficient (Wildman–Crippen LogP) is 4.23. The molecule has 2 aromatic carbocycles. The Bertz CT molecular complexity index is 992. The van der Waals surface area contributed by atoms with E-state index >= 15 is 0 Å². The largest absolute Gasteiger partial charge is 0.463 e. The summed E-state index contributed by atoms with van der Waals surface area (Å²) >= 11 is 1.71. The molecule has 0 aliphatic rings. The van der Waals surface area contributed by atoms with E-state index in [-0.39, 0.29) is 5.91 Å². The Hall–Kier alpha value is -3.15. The van der Waals surface area contributed by atoms with Crippen molar-refractivity contribution < 1.29 is 14.1 Å². The van der Waals surface area contributed by atoms with Crippen LogP contribution in [-0.4, -0.2) is 12.5 Å². The van der Waals surface area contributed by atoms with Gasteiger partial charge in [-0.2, -0.15) is 0 Å². The maximum atomic E-state index is 12.9. The van der Waals surface area contributed by atoms with Gasteiger partial charge in [-0.1, -0.05) is 54.6 Å². The van der Waals surface area contributed by atoms with Crippen molar-refractivity contribution in [1.29, 1.82) is 0 Å². The van der Waals surface area contributed by atoms with Gasteiger partial charge >= 0.3 is 0 Å². The number of benzene rings is 2. The van der Waals surface area contributed by atoms with Crippen molar-refractivity contribution in [3.63, 3.8) is 0 Å². The average molecular weight is 404 g/mol. The van der Waals surface area contributed by atoms with Gasteiger partial charge in [-0.15, -0.1) is 11.3 Å². The van der Waals surface area contributed by atoms with Crippen molar-refractivity contribution >= 4 is 22.9 Å². The summed E-state index contributed by atoms with van der Waals surface area (Å²) in [5.41, 5.74) is 2.94. The van der Waals surface area contributed by atoms with Gasteiger partial charge in [0.25, 0.3) is 5.91 Å². The van der Waals surface area contributed by atoms with Gasteiger partial charge in [-0.25, -0.2) is 0 Å². The molecule has 0 bridgehead atoms. The first kappa shape index (κ1) is 19.2. The zero-order chi connectivity index (χ0) is 19.9. The van der Waals surface area contributed by atoms with Gasteiger partial charge in [-0.05, 0) is 35.2 Å². The topological polar surface area (TPSA) is 46.7 Å². The van der Waals surface area contributed by atoms with Crippen LogP contribution in [0.2, 0.25) is 0 Å². The van der Waals surface area contributed by atoms with Crippen molar-refractivity contribution in [3.8, 4) is 11.1 Å². The zero-order valence-electron chi connectivity index (χ0n) is 16.0. The summed E-state index contributed by atoms with van der Waals surface area (Å²) in [6.07, 6.45) is 1.67. The molecule has 2 heterocycles. The van der Waals surface area contributed by atoms with Crippen LogP contribution in [0.15, 0.2) is 94.9 Å². The van der Waals surface area contributed by atoms with Crippen molar-refractivity contribution in [2.24, 2.45) is 0 Å². The molecule has 0 spiro atoms. The third-order valence-electron chi connectivity index (χ3n) is 4.71. The fourth-order valence-corrected chi connectivity index (χ4v) is 4.17. The minimum Gasteiger partial charge on any atom is -0.463 e. The van der Waals surface area contributed by atoms with Crippen LogP contribution in [0.5, 0.6) is 0 Å². The van der Waals surface area contributed by atoms with E-state index in [4.69, 9.17) is 4.42 Å². The smallest absolute Gasteiger partial charge is 0.279 e. The number of furan rings is 1. The van der Waals surface area contributed by atoms with E-state index in [1.807, 2.05) is 60.7 Å². The van der Waals surface area contributed by atoms with Gasteiger partial charge in [0.15, 0.2) is 12.3 Å². The van der Waals surface area contributed by atoms with E-state index in [0.29, 0.717) is 13.1 Å². The summed E-state index contributed by atoms with van der Waals surface area (Å²) in [6, 6.07) is 26.0. The van der Waals surface area contributed by atoms with Crippen LogP contribution in [0.1, 0.15) is 10.6 Å². The first-order valence-electron chi connectivity index (χ1n) is 9.60. The molecule has 0 fully saturated rings. The van der Waals surface area contributed by atoms with E-state index in [0.717, 1.165) is 34.0 Å². The minimum absolute atomic E-state index is 0.00788. The highest BCUT2D eigenvalue weighted by Gasteiger charge is 2.18. The first-order valence-corrected chi connectivity index (χ1v) is 10.5. The molecule has 29 heavy (non-hydrogen) atoms. The highest BCUT2D eigenvalue weighted by Crippen LogP contribution is 2.27. The highest BCUT2D eigenvalue weighted by molar-refractivity contribution is 7.09. The van der Waals surface area contributed by atoms with Gasteiger partial charge < -0.3 is 14.6 Å². The Morgan fingerprint density at radius 1 is 0.897 bits per heavy atom. The number of para-hydroxylation sites is 1. The lowest BCUT2D eigenvalue weighted by molar-refractivity contribution is -0.920. The molecule has 1 unspecified atom stereocenters. The van der Waals surface area contributed by atoms with Crippen LogP contribution in [0, 0.1) is 0 Å². The van der Waals surface area contributed by atoms with E-state index in [1.54, 1.807) is 17.6 Å². The van der Waals surface area contributed by atoms with Crippen molar-refractivity contribution in [3.05, 3.63) is 101 Å². The molecule has 1 amide bonds. The molecule has 0 radical (unpaired) electrons. The lowest BCUT2D eigenvalue weighted by Gasteiger charge is -2.18. The number of carbonyl (C=O) groups is 1. The Morgan fingerprint density at radius 2 is 1.72 bits per heavy atom. The van der Waals surface area contributed by atoms with Crippen LogP contribution in [0.4, 0.5) is 5.69 Å². The van der Waals surface area contributed by atoms with E-state index in [1.165, 1.54) is 4.88 Å². The van der Waals surface area contributed by atoms with Gasteiger partial charge in [0, 0.05) is 11.3 Å². The average Bonchev–Trinajstić information content (AvgIpc) is 3.43. The molecule has 0 aliphatic carbocycles. The number of hydrogen-bond acceptors (Lipinski definition) is 3. The van der Waals surface area contributed by atoms with E-state index in [9.17, 15) is 4.79 Å². The number of amides is 1. The van der Waals surface area contributed by atoms with Crippen molar-refractivity contribution in [1.82, 2.24) is 0 Å². The highest BCUT2D eigenvalue weighted by atomic mass is 32.1. The Morgan fingerprint density at radius 3 is 2.48 bits per heavy atom. The van der Waals surface area contributed by atoms with Crippen LogP contribution < -0.4 is 10.2 Å². The summed E-state index contributed by atoms with van der Waals surface area (Å²) in [7, 11) is 0. The number of rotatable bonds is 8. The van der Waals surface area contributed by atoms with Crippen LogP contribution in [-0.2, 0) is 17.9 Å². The molecule has 146 valence electrons. The second kappa shape index (κ2) is 9.37. The van der Waals surface area contributed by atoms with Gasteiger partial charge in [-0.3, -0.25) is 4.79 Å². The molecule has 2 N–H and O–H groups in total. The summed E-state index contributed by atoms with van der Waals surface area (Å²) in [5, 5.41) is 5.18. The molecule has 4 nitrogen and oxygen atoms in total. The van der Waals surface area contributed by atoms with E-state index in [2.05, 4.69) is 28.9 Å². The Balaban J connectivity index is 1.48.